The van der Waals surface area contributed by atoms with Gasteiger partial charge < -0.3 is 4.57 Å². The summed E-state index contributed by atoms with van der Waals surface area (Å²) in [4.78, 5) is 0. The SMILES string of the molecule is C=C/C=C(\C=C/C)P(C)(=O)Cl. The van der Waals surface area contributed by atoms with Gasteiger partial charge in [-0.1, -0.05) is 30.9 Å². The van der Waals surface area contributed by atoms with Gasteiger partial charge in [0.15, 0.2) is 6.49 Å². The predicted molar refractivity (Wildman–Crippen MR) is 52.5 cm³/mol. The van der Waals surface area contributed by atoms with Crippen molar-refractivity contribution in [3.8, 4) is 0 Å². The first-order valence-electron chi connectivity index (χ1n) is 3.25. The van der Waals surface area contributed by atoms with Crippen molar-refractivity contribution < 1.29 is 4.57 Å². The third kappa shape index (κ3) is 4.23. The van der Waals surface area contributed by atoms with Gasteiger partial charge in [-0.2, -0.15) is 0 Å². The molecule has 0 radical (unpaired) electrons. The number of hydrogen-bond acceptors (Lipinski definition) is 1. The smallest absolute Gasteiger partial charge is 0.194 e. The number of allylic oxidation sites excluding steroid dienone is 5. The summed E-state index contributed by atoms with van der Waals surface area (Å²) in [7, 11) is 0. The molecule has 0 aliphatic carbocycles. The second-order valence-corrected chi connectivity index (χ2v) is 6.24. The van der Waals surface area contributed by atoms with Crippen LogP contribution in [0.3, 0.4) is 0 Å². The van der Waals surface area contributed by atoms with Gasteiger partial charge in [0.2, 0.25) is 0 Å². The van der Waals surface area contributed by atoms with E-state index in [2.05, 4.69) is 6.58 Å². The van der Waals surface area contributed by atoms with E-state index in [9.17, 15) is 4.57 Å². The molecule has 0 aliphatic heterocycles. The first kappa shape index (κ1) is 10.7. The normalized spacial score (nSPS) is 18.3. The Hall–Kier alpha value is -0.260. The Balaban J connectivity index is 4.77. The van der Waals surface area contributed by atoms with Crippen LogP contribution in [0.2, 0.25) is 0 Å². The maximum absolute atomic E-state index is 11.3. The van der Waals surface area contributed by atoms with Gasteiger partial charge in [0.05, 0.1) is 0 Å². The highest BCUT2D eigenvalue weighted by Crippen LogP contribution is 2.55. The van der Waals surface area contributed by atoms with E-state index < -0.39 is 6.49 Å². The van der Waals surface area contributed by atoms with Gasteiger partial charge in [0, 0.05) is 12.0 Å². The zero-order valence-corrected chi connectivity index (χ0v) is 8.40. The van der Waals surface area contributed by atoms with E-state index >= 15 is 0 Å². The minimum absolute atomic E-state index is 0.636. The van der Waals surface area contributed by atoms with Gasteiger partial charge in [-0.05, 0) is 18.2 Å². The van der Waals surface area contributed by atoms with Gasteiger partial charge in [0.1, 0.15) is 0 Å². The van der Waals surface area contributed by atoms with Crippen molar-refractivity contribution in [2.24, 2.45) is 0 Å². The van der Waals surface area contributed by atoms with E-state index in [4.69, 9.17) is 11.2 Å². The molecule has 1 atom stereocenters. The zero-order valence-electron chi connectivity index (χ0n) is 6.75. The van der Waals surface area contributed by atoms with E-state index in [0.29, 0.717) is 5.31 Å². The van der Waals surface area contributed by atoms with Gasteiger partial charge in [-0.25, -0.2) is 0 Å². The largest absolute Gasteiger partial charge is 0.302 e. The highest BCUT2D eigenvalue weighted by molar-refractivity contribution is 7.92. The van der Waals surface area contributed by atoms with Crippen molar-refractivity contribution in [3.63, 3.8) is 0 Å². The van der Waals surface area contributed by atoms with Gasteiger partial charge >= 0.3 is 0 Å². The molecule has 0 saturated carbocycles. The van der Waals surface area contributed by atoms with Crippen LogP contribution in [0.5, 0.6) is 0 Å². The highest BCUT2D eigenvalue weighted by atomic mass is 35.7. The first-order chi connectivity index (χ1) is 5.02. The quantitative estimate of drug-likeness (QED) is 0.489. The minimum Gasteiger partial charge on any atom is -0.302 e. The minimum atomic E-state index is -2.63. The lowest BCUT2D eigenvalue weighted by atomic mass is 10.4. The zero-order chi connectivity index (χ0) is 8.91. The molecule has 0 heterocycles. The monoisotopic (exact) mass is 190 g/mol. The van der Waals surface area contributed by atoms with Crippen molar-refractivity contribution in [1.29, 1.82) is 0 Å². The van der Waals surface area contributed by atoms with Crippen molar-refractivity contribution in [1.82, 2.24) is 0 Å². The number of hydrogen-bond donors (Lipinski definition) is 0. The second-order valence-electron chi connectivity index (χ2n) is 2.15. The Labute approximate surface area is 72.6 Å². The third-order valence-electron chi connectivity index (χ3n) is 1.09. The van der Waals surface area contributed by atoms with Crippen LogP contribution in [0.15, 0.2) is 36.2 Å². The summed E-state index contributed by atoms with van der Waals surface area (Å²) in [6, 6.07) is 0. The van der Waals surface area contributed by atoms with E-state index in [0.717, 1.165) is 0 Å². The van der Waals surface area contributed by atoms with E-state index in [1.54, 1.807) is 24.3 Å². The number of rotatable bonds is 3. The molecule has 0 aromatic rings. The molecule has 0 bridgehead atoms. The fourth-order valence-corrected chi connectivity index (χ4v) is 1.74. The van der Waals surface area contributed by atoms with Crippen LogP contribution in [-0.4, -0.2) is 6.66 Å². The molecule has 0 N–H and O–H groups in total. The summed E-state index contributed by atoms with van der Waals surface area (Å²) in [6.45, 7) is 4.24. The summed E-state index contributed by atoms with van der Waals surface area (Å²) >= 11 is 5.64. The summed E-state index contributed by atoms with van der Waals surface area (Å²) < 4.78 is 11.3. The van der Waals surface area contributed by atoms with Crippen LogP contribution in [-0.2, 0) is 4.57 Å². The van der Waals surface area contributed by atoms with E-state index in [1.807, 2.05) is 6.92 Å². The van der Waals surface area contributed by atoms with Crippen LogP contribution >= 0.6 is 17.7 Å². The van der Waals surface area contributed by atoms with Crippen LogP contribution in [0.25, 0.3) is 0 Å². The molecule has 0 amide bonds. The molecule has 0 rings (SSSR count). The summed E-state index contributed by atoms with van der Waals surface area (Å²) in [6.07, 6.45) is 6.77. The summed E-state index contributed by atoms with van der Waals surface area (Å²) in [5.74, 6) is 0. The molecule has 0 saturated heterocycles. The summed E-state index contributed by atoms with van der Waals surface area (Å²) in [5.41, 5.74) is 0. The molecule has 62 valence electrons. The van der Waals surface area contributed by atoms with Crippen LogP contribution in [0.1, 0.15) is 6.92 Å². The average Bonchev–Trinajstić information content (AvgIpc) is 1.85. The Morgan fingerprint density at radius 1 is 1.64 bits per heavy atom. The molecule has 0 fully saturated rings. The molecule has 0 spiro atoms. The van der Waals surface area contributed by atoms with E-state index in [-0.39, 0.29) is 0 Å². The topological polar surface area (TPSA) is 17.1 Å². The molecule has 0 aromatic heterocycles. The Bertz CT molecular complexity index is 234. The van der Waals surface area contributed by atoms with Crippen molar-refractivity contribution >= 4 is 17.7 Å². The van der Waals surface area contributed by atoms with Gasteiger partial charge in [-0.15, -0.1) is 0 Å². The van der Waals surface area contributed by atoms with Crippen LogP contribution in [0, 0.1) is 0 Å². The molecule has 0 aliphatic rings. The highest BCUT2D eigenvalue weighted by Gasteiger charge is 2.13. The predicted octanol–water partition coefficient (Wildman–Crippen LogP) is 3.78. The lowest BCUT2D eigenvalue weighted by Crippen LogP contribution is -1.73. The van der Waals surface area contributed by atoms with Gasteiger partial charge in [-0.3, -0.25) is 0 Å². The fraction of sp³-hybridized carbons (Fsp3) is 0.250. The average molecular weight is 191 g/mol. The second kappa shape index (κ2) is 4.58. The maximum atomic E-state index is 11.3. The van der Waals surface area contributed by atoms with Crippen LogP contribution < -0.4 is 0 Å². The molecule has 1 nitrogen and oxygen atoms in total. The molecule has 1 unspecified atom stereocenters. The maximum Gasteiger partial charge on any atom is 0.194 e. The Morgan fingerprint density at radius 3 is 2.45 bits per heavy atom. The lowest BCUT2D eigenvalue weighted by Gasteiger charge is -2.02. The van der Waals surface area contributed by atoms with Gasteiger partial charge in [0.25, 0.3) is 0 Å². The molecule has 11 heavy (non-hydrogen) atoms. The number of halogens is 1. The molecular formula is C8H12ClOP. The van der Waals surface area contributed by atoms with Crippen molar-refractivity contribution in [2.45, 2.75) is 6.92 Å². The molecular weight excluding hydrogens is 179 g/mol. The van der Waals surface area contributed by atoms with Crippen molar-refractivity contribution in [2.75, 3.05) is 6.66 Å². The first-order valence-corrected chi connectivity index (χ1v) is 6.31. The van der Waals surface area contributed by atoms with E-state index in [1.165, 1.54) is 6.66 Å². The Morgan fingerprint density at radius 2 is 2.18 bits per heavy atom. The fourth-order valence-electron chi connectivity index (χ4n) is 0.613. The Kier molecular flexibility index (Phi) is 4.48. The molecule has 0 aromatic carbocycles. The standard InChI is InChI=1S/C8H12ClOP/c1-4-6-8(7-5-2)11(3,9)10/h4-7H,1H2,2-3H3/b7-5-,8-6+. The lowest BCUT2D eigenvalue weighted by molar-refractivity contribution is 0.592. The third-order valence-corrected chi connectivity index (χ3v) is 2.89. The molecule has 3 heteroatoms. The van der Waals surface area contributed by atoms with Crippen molar-refractivity contribution in [3.05, 3.63) is 36.2 Å². The summed E-state index contributed by atoms with van der Waals surface area (Å²) in [5, 5.41) is 0.636. The van der Waals surface area contributed by atoms with Crippen LogP contribution in [0.4, 0.5) is 0 Å².